The first-order chi connectivity index (χ1) is 10.5. The number of urea groups is 1. The largest absolute Gasteiger partial charge is 0.489 e. The highest BCUT2D eigenvalue weighted by atomic mass is 79.9. The first-order valence-corrected chi connectivity index (χ1v) is 7.22. The van der Waals surface area contributed by atoms with Crippen molar-refractivity contribution in [3.63, 3.8) is 0 Å². The van der Waals surface area contributed by atoms with Crippen molar-refractivity contribution in [3.05, 3.63) is 58.6 Å². The first kappa shape index (κ1) is 16.2. The smallest absolute Gasteiger partial charge is 0.319 e. The molecule has 0 heterocycles. The number of hydrogen-bond acceptors (Lipinski definition) is 2. The second kappa shape index (κ2) is 7.74. The molecular formula is C15H13BrF2N2O2. The van der Waals surface area contributed by atoms with Crippen LogP contribution in [0, 0.1) is 11.6 Å². The Morgan fingerprint density at radius 2 is 2.00 bits per heavy atom. The second-order valence-electron chi connectivity index (χ2n) is 4.31. The van der Waals surface area contributed by atoms with Crippen LogP contribution in [0.4, 0.5) is 19.3 Å². The summed E-state index contributed by atoms with van der Waals surface area (Å²) < 4.78 is 32.0. The van der Waals surface area contributed by atoms with Crippen LogP contribution in [0.2, 0.25) is 0 Å². The van der Waals surface area contributed by atoms with E-state index in [1.165, 1.54) is 6.07 Å². The van der Waals surface area contributed by atoms with Crippen LogP contribution in [0.25, 0.3) is 0 Å². The Morgan fingerprint density at radius 1 is 1.18 bits per heavy atom. The van der Waals surface area contributed by atoms with Crippen molar-refractivity contribution in [3.8, 4) is 5.75 Å². The number of hydrogen-bond donors (Lipinski definition) is 2. The van der Waals surface area contributed by atoms with Gasteiger partial charge < -0.3 is 15.4 Å². The number of halogens is 3. The third kappa shape index (κ3) is 5.00. The van der Waals surface area contributed by atoms with Gasteiger partial charge in [-0.25, -0.2) is 13.6 Å². The lowest BCUT2D eigenvalue weighted by Crippen LogP contribution is -2.32. The molecule has 2 aromatic rings. The molecule has 0 spiro atoms. The molecule has 0 radical (unpaired) electrons. The molecule has 0 saturated heterocycles. The Bertz CT molecular complexity index is 668. The van der Waals surface area contributed by atoms with Crippen LogP contribution >= 0.6 is 15.9 Å². The van der Waals surface area contributed by atoms with Crippen molar-refractivity contribution < 1.29 is 18.3 Å². The van der Waals surface area contributed by atoms with E-state index in [1.54, 1.807) is 18.2 Å². The quantitative estimate of drug-likeness (QED) is 0.783. The van der Waals surface area contributed by atoms with Gasteiger partial charge in [0.05, 0.1) is 6.54 Å². The van der Waals surface area contributed by atoms with E-state index >= 15 is 0 Å². The molecule has 2 amide bonds. The zero-order valence-electron chi connectivity index (χ0n) is 11.4. The SMILES string of the molecule is O=C(NCCOc1ccc(F)cc1F)Nc1cccc(Br)c1. The molecular weight excluding hydrogens is 358 g/mol. The fraction of sp³-hybridized carbons (Fsp3) is 0.133. The zero-order valence-corrected chi connectivity index (χ0v) is 13.0. The van der Waals surface area contributed by atoms with Crippen molar-refractivity contribution in [2.24, 2.45) is 0 Å². The lowest BCUT2D eigenvalue weighted by atomic mass is 10.3. The fourth-order valence-electron chi connectivity index (χ4n) is 1.66. The Kier molecular flexibility index (Phi) is 5.71. The molecule has 0 aliphatic heterocycles. The highest BCUT2D eigenvalue weighted by Gasteiger charge is 2.05. The van der Waals surface area contributed by atoms with Gasteiger partial charge >= 0.3 is 6.03 Å². The minimum absolute atomic E-state index is 0.0596. The van der Waals surface area contributed by atoms with Crippen molar-refractivity contribution in [1.82, 2.24) is 5.32 Å². The number of benzene rings is 2. The van der Waals surface area contributed by atoms with Gasteiger partial charge in [-0.2, -0.15) is 0 Å². The van der Waals surface area contributed by atoms with Crippen molar-refractivity contribution in [2.75, 3.05) is 18.5 Å². The van der Waals surface area contributed by atoms with Crippen LogP contribution in [0.5, 0.6) is 5.75 Å². The molecule has 116 valence electrons. The number of rotatable bonds is 5. The Labute approximate surface area is 134 Å². The Hall–Kier alpha value is -2.15. The Balaban J connectivity index is 1.73. The Morgan fingerprint density at radius 3 is 2.73 bits per heavy atom. The predicted octanol–water partition coefficient (Wildman–Crippen LogP) is 3.93. The maximum Gasteiger partial charge on any atom is 0.319 e. The summed E-state index contributed by atoms with van der Waals surface area (Å²) in [5.74, 6) is -1.51. The van der Waals surface area contributed by atoms with E-state index in [9.17, 15) is 13.6 Å². The lowest BCUT2D eigenvalue weighted by Gasteiger charge is -2.09. The van der Waals surface area contributed by atoms with Crippen LogP contribution in [0.3, 0.4) is 0 Å². The normalized spacial score (nSPS) is 10.1. The number of anilines is 1. The number of nitrogens with one attached hydrogen (secondary N) is 2. The number of carbonyl (C=O) groups is 1. The van der Waals surface area contributed by atoms with E-state index < -0.39 is 17.7 Å². The standard InChI is InChI=1S/C15H13BrF2N2O2/c16-10-2-1-3-12(8-10)20-15(21)19-6-7-22-14-5-4-11(17)9-13(14)18/h1-5,8-9H,6-7H2,(H2,19,20,21). The van der Waals surface area contributed by atoms with Crippen LogP contribution in [0.15, 0.2) is 46.9 Å². The lowest BCUT2D eigenvalue weighted by molar-refractivity contribution is 0.246. The van der Waals surface area contributed by atoms with Crippen LogP contribution in [0.1, 0.15) is 0 Å². The minimum Gasteiger partial charge on any atom is -0.489 e. The minimum atomic E-state index is -0.779. The zero-order chi connectivity index (χ0) is 15.9. The molecule has 22 heavy (non-hydrogen) atoms. The van der Waals surface area contributed by atoms with Gasteiger partial charge in [0, 0.05) is 16.2 Å². The van der Waals surface area contributed by atoms with E-state index in [2.05, 4.69) is 26.6 Å². The number of carbonyl (C=O) groups excluding carboxylic acids is 1. The highest BCUT2D eigenvalue weighted by Crippen LogP contribution is 2.17. The number of ether oxygens (including phenoxy) is 1. The molecule has 2 rings (SSSR count). The average Bonchev–Trinajstić information content (AvgIpc) is 2.45. The molecule has 0 bridgehead atoms. The summed E-state index contributed by atoms with van der Waals surface area (Å²) in [6, 6.07) is 9.77. The summed E-state index contributed by atoms with van der Waals surface area (Å²) in [5.41, 5.74) is 0.636. The van der Waals surface area contributed by atoms with E-state index in [4.69, 9.17) is 4.74 Å². The summed E-state index contributed by atoms with van der Waals surface area (Å²) in [7, 11) is 0. The first-order valence-electron chi connectivity index (χ1n) is 6.43. The molecule has 0 fully saturated rings. The molecule has 2 aromatic carbocycles. The predicted molar refractivity (Wildman–Crippen MR) is 83.0 cm³/mol. The van der Waals surface area contributed by atoms with Crippen LogP contribution in [-0.4, -0.2) is 19.2 Å². The van der Waals surface area contributed by atoms with E-state index in [0.717, 1.165) is 16.6 Å². The van der Waals surface area contributed by atoms with Crippen molar-refractivity contribution >= 4 is 27.6 Å². The van der Waals surface area contributed by atoms with Crippen LogP contribution < -0.4 is 15.4 Å². The molecule has 0 unspecified atom stereocenters. The topological polar surface area (TPSA) is 50.4 Å². The van der Waals surface area contributed by atoms with Gasteiger partial charge in [0.2, 0.25) is 0 Å². The molecule has 0 atom stereocenters. The summed E-state index contributed by atoms with van der Waals surface area (Å²) in [6.45, 7) is 0.241. The third-order valence-electron chi connectivity index (χ3n) is 2.62. The fourth-order valence-corrected chi connectivity index (χ4v) is 2.06. The van der Waals surface area contributed by atoms with E-state index in [-0.39, 0.29) is 18.9 Å². The van der Waals surface area contributed by atoms with Gasteiger partial charge in [0.1, 0.15) is 12.4 Å². The average molecular weight is 371 g/mol. The summed E-state index contributed by atoms with van der Waals surface area (Å²) >= 11 is 3.30. The van der Waals surface area contributed by atoms with Gasteiger partial charge in [-0.1, -0.05) is 22.0 Å². The van der Waals surface area contributed by atoms with Gasteiger partial charge in [0.25, 0.3) is 0 Å². The number of amides is 2. The molecule has 4 nitrogen and oxygen atoms in total. The highest BCUT2D eigenvalue weighted by molar-refractivity contribution is 9.10. The van der Waals surface area contributed by atoms with Crippen LogP contribution in [-0.2, 0) is 0 Å². The summed E-state index contributed by atoms with van der Waals surface area (Å²) in [6.07, 6.45) is 0. The van der Waals surface area contributed by atoms with Crippen molar-refractivity contribution in [2.45, 2.75) is 0 Å². The molecule has 0 aliphatic carbocycles. The molecule has 7 heteroatoms. The van der Waals surface area contributed by atoms with Gasteiger partial charge in [-0.05, 0) is 30.3 Å². The van der Waals surface area contributed by atoms with E-state index in [1.807, 2.05) is 6.07 Å². The summed E-state index contributed by atoms with van der Waals surface area (Å²) in [5, 5.41) is 5.21. The monoisotopic (exact) mass is 370 g/mol. The maximum absolute atomic E-state index is 13.3. The van der Waals surface area contributed by atoms with E-state index in [0.29, 0.717) is 5.69 Å². The van der Waals surface area contributed by atoms with Gasteiger partial charge in [0.15, 0.2) is 11.6 Å². The molecule has 0 aliphatic rings. The van der Waals surface area contributed by atoms with Crippen molar-refractivity contribution in [1.29, 1.82) is 0 Å². The van der Waals surface area contributed by atoms with Gasteiger partial charge in [-0.15, -0.1) is 0 Å². The third-order valence-corrected chi connectivity index (χ3v) is 3.11. The molecule has 2 N–H and O–H groups in total. The molecule has 0 saturated carbocycles. The van der Waals surface area contributed by atoms with Gasteiger partial charge in [-0.3, -0.25) is 0 Å². The second-order valence-corrected chi connectivity index (χ2v) is 5.23. The maximum atomic E-state index is 13.3. The summed E-state index contributed by atoms with van der Waals surface area (Å²) in [4.78, 5) is 11.6. The molecule has 0 aromatic heterocycles.